The first-order valence-electron chi connectivity index (χ1n) is 5.93. The Morgan fingerprint density at radius 1 is 1.35 bits per heavy atom. The van der Waals surface area contributed by atoms with Gasteiger partial charge in [-0.25, -0.2) is 9.37 Å². The Morgan fingerprint density at radius 3 is 2.80 bits per heavy atom. The predicted octanol–water partition coefficient (Wildman–Crippen LogP) is 2.52. The molecule has 0 aliphatic carbocycles. The predicted molar refractivity (Wildman–Crippen MR) is 74.7 cm³/mol. The number of methoxy groups -OCH3 is 1. The average molecular weight is 275 g/mol. The molecule has 0 unspecified atom stereocenters. The fourth-order valence-corrected chi connectivity index (χ4v) is 1.75. The lowest BCUT2D eigenvalue weighted by molar-refractivity contribution is 0.102. The van der Waals surface area contributed by atoms with Crippen molar-refractivity contribution in [2.45, 2.75) is 0 Å². The van der Waals surface area contributed by atoms with Gasteiger partial charge in [0.1, 0.15) is 17.4 Å². The summed E-state index contributed by atoms with van der Waals surface area (Å²) in [5, 5.41) is 5.42. The van der Waals surface area contributed by atoms with E-state index in [-0.39, 0.29) is 5.56 Å². The van der Waals surface area contributed by atoms with Crippen LogP contribution in [0.4, 0.5) is 15.9 Å². The number of hydrogen-bond acceptors (Lipinski definition) is 4. The molecule has 0 saturated heterocycles. The molecule has 0 saturated carbocycles. The number of carbonyl (C=O) groups is 1. The zero-order chi connectivity index (χ0) is 14.5. The Morgan fingerprint density at radius 2 is 2.10 bits per heavy atom. The van der Waals surface area contributed by atoms with Gasteiger partial charge in [0, 0.05) is 7.05 Å². The van der Waals surface area contributed by atoms with Crippen LogP contribution < -0.4 is 15.4 Å². The van der Waals surface area contributed by atoms with Crippen LogP contribution in [0.5, 0.6) is 5.75 Å². The summed E-state index contributed by atoms with van der Waals surface area (Å²) in [6.07, 6.45) is 1.05. The first kappa shape index (κ1) is 13.8. The molecule has 0 aliphatic rings. The van der Waals surface area contributed by atoms with E-state index >= 15 is 0 Å². The SMILES string of the molecule is CNc1ncc(F)cc1C(=O)Nc1ccccc1OC. The second-order valence-electron chi connectivity index (χ2n) is 3.95. The molecule has 2 rings (SSSR count). The number of pyridine rings is 1. The number of halogens is 1. The maximum absolute atomic E-state index is 13.2. The van der Waals surface area contributed by atoms with Crippen molar-refractivity contribution in [3.63, 3.8) is 0 Å². The molecule has 1 aromatic heterocycles. The molecule has 2 N–H and O–H groups in total. The van der Waals surface area contributed by atoms with Crippen LogP contribution in [0.15, 0.2) is 36.5 Å². The number of benzene rings is 1. The largest absolute Gasteiger partial charge is 0.495 e. The molecular formula is C14H14FN3O2. The van der Waals surface area contributed by atoms with E-state index in [1.54, 1.807) is 31.3 Å². The van der Waals surface area contributed by atoms with E-state index in [0.717, 1.165) is 12.3 Å². The molecule has 104 valence electrons. The summed E-state index contributed by atoms with van der Waals surface area (Å²) in [6.45, 7) is 0. The van der Waals surface area contributed by atoms with E-state index in [1.165, 1.54) is 7.11 Å². The van der Waals surface area contributed by atoms with Crippen LogP contribution in [-0.2, 0) is 0 Å². The summed E-state index contributed by atoms with van der Waals surface area (Å²) in [5.41, 5.74) is 0.629. The Bertz CT molecular complexity index is 632. The lowest BCUT2D eigenvalue weighted by atomic mass is 10.2. The zero-order valence-corrected chi connectivity index (χ0v) is 11.1. The molecule has 6 heteroatoms. The minimum absolute atomic E-state index is 0.124. The molecule has 5 nitrogen and oxygen atoms in total. The van der Waals surface area contributed by atoms with Gasteiger partial charge in [-0.05, 0) is 18.2 Å². The van der Waals surface area contributed by atoms with Crippen molar-refractivity contribution >= 4 is 17.4 Å². The normalized spacial score (nSPS) is 9.95. The Hall–Kier alpha value is -2.63. The van der Waals surface area contributed by atoms with Gasteiger partial charge in [-0.2, -0.15) is 0 Å². The standard InChI is InChI=1S/C14H14FN3O2/c1-16-13-10(7-9(15)8-17-13)14(19)18-11-5-3-4-6-12(11)20-2/h3-8H,1-2H3,(H,16,17)(H,18,19). The van der Waals surface area contributed by atoms with Gasteiger partial charge in [0.05, 0.1) is 24.6 Å². The van der Waals surface area contributed by atoms with Crippen molar-refractivity contribution in [2.24, 2.45) is 0 Å². The van der Waals surface area contributed by atoms with E-state index in [1.807, 2.05) is 0 Å². The van der Waals surface area contributed by atoms with Crippen molar-refractivity contribution < 1.29 is 13.9 Å². The molecule has 0 aliphatic heterocycles. The minimum atomic E-state index is -0.575. The second-order valence-corrected chi connectivity index (χ2v) is 3.95. The molecule has 0 fully saturated rings. The zero-order valence-electron chi connectivity index (χ0n) is 11.1. The van der Waals surface area contributed by atoms with Crippen molar-refractivity contribution in [2.75, 3.05) is 24.8 Å². The highest BCUT2D eigenvalue weighted by Crippen LogP contribution is 2.24. The smallest absolute Gasteiger partial charge is 0.259 e. The monoisotopic (exact) mass is 275 g/mol. The lowest BCUT2D eigenvalue weighted by Gasteiger charge is -2.11. The molecular weight excluding hydrogens is 261 g/mol. The van der Waals surface area contributed by atoms with Gasteiger partial charge in [-0.15, -0.1) is 0 Å². The van der Waals surface area contributed by atoms with Gasteiger partial charge in [-0.1, -0.05) is 12.1 Å². The number of para-hydroxylation sites is 2. The summed E-state index contributed by atoms with van der Waals surface area (Å²) in [7, 11) is 3.12. The number of carbonyl (C=O) groups excluding carboxylic acids is 1. The van der Waals surface area contributed by atoms with E-state index in [0.29, 0.717) is 17.3 Å². The van der Waals surface area contributed by atoms with Crippen molar-refractivity contribution in [3.05, 3.63) is 47.9 Å². The lowest BCUT2D eigenvalue weighted by Crippen LogP contribution is -2.15. The summed E-state index contributed by atoms with van der Waals surface area (Å²) >= 11 is 0. The van der Waals surface area contributed by atoms with Crippen LogP contribution in [-0.4, -0.2) is 25.0 Å². The van der Waals surface area contributed by atoms with Gasteiger partial charge in [0.15, 0.2) is 0 Å². The first-order valence-corrected chi connectivity index (χ1v) is 5.93. The van der Waals surface area contributed by atoms with Crippen LogP contribution >= 0.6 is 0 Å². The molecule has 0 bridgehead atoms. The fourth-order valence-electron chi connectivity index (χ4n) is 1.75. The van der Waals surface area contributed by atoms with Gasteiger partial charge in [-0.3, -0.25) is 4.79 Å². The molecule has 20 heavy (non-hydrogen) atoms. The second kappa shape index (κ2) is 6.01. The Labute approximate surface area is 115 Å². The third-order valence-corrected chi connectivity index (χ3v) is 2.69. The molecule has 2 aromatic rings. The number of aromatic nitrogens is 1. The van der Waals surface area contributed by atoms with E-state index in [2.05, 4.69) is 15.6 Å². The summed E-state index contributed by atoms with van der Waals surface area (Å²) < 4.78 is 18.4. The number of rotatable bonds is 4. The van der Waals surface area contributed by atoms with Crippen LogP contribution in [0.1, 0.15) is 10.4 Å². The Balaban J connectivity index is 2.30. The number of nitrogens with zero attached hydrogens (tertiary/aromatic N) is 1. The summed E-state index contributed by atoms with van der Waals surface area (Å²) in [6, 6.07) is 8.10. The molecule has 1 heterocycles. The van der Waals surface area contributed by atoms with Crippen LogP contribution in [0.2, 0.25) is 0 Å². The van der Waals surface area contributed by atoms with Gasteiger partial charge in [0.25, 0.3) is 5.91 Å². The van der Waals surface area contributed by atoms with Gasteiger partial charge in [0.2, 0.25) is 0 Å². The van der Waals surface area contributed by atoms with E-state index in [9.17, 15) is 9.18 Å². The van der Waals surface area contributed by atoms with Crippen LogP contribution in [0, 0.1) is 5.82 Å². The number of nitrogens with one attached hydrogen (secondary N) is 2. The van der Waals surface area contributed by atoms with E-state index < -0.39 is 11.7 Å². The number of hydrogen-bond donors (Lipinski definition) is 2. The highest BCUT2D eigenvalue weighted by molar-refractivity contribution is 6.08. The highest BCUT2D eigenvalue weighted by Gasteiger charge is 2.15. The number of amides is 1. The van der Waals surface area contributed by atoms with E-state index in [4.69, 9.17) is 4.74 Å². The maximum atomic E-state index is 13.2. The molecule has 0 radical (unpaired) electrons. The topological polar surface area (TPSA) is 63.2 Å². The minimum Gasteiger partial charge on any atom is -0.495 e. The maximum Gasteiger partial charge on any atom is 0.259 e. The molecule has 0 atom stereocenters. The van der Waals surface area contributed by atoms with Crippen molar-refractivity contribution in [3.8, 4) is 5.75 Å². The summed E-state index contributed by atoms with van der Waals surface area (Å²) in [4.78, 5) is 16.0. The number of ether oxygens (including phenoxy) is 1. The van der Waals surface area contributed by atoms with Crippen LogP contribution in [0.25, 0.3) is 0 Å². The quantitative estimate of drug-likeness (QED) is 0.900. The molecule has 1 amide bonds. The third kappa shape index (κ3) is 2.85. The van der Waals surface area contributed by atoms with Crippen molar-refractivity contribution in [1.82, 2.24) is 4.98 Å². The van der Waals surface area contributed by atoms with Gasteiger partial charge < -0.3 is 15.4 Å². The summed E-state index contributed by atoms with van der Waals surface area (Å²) in [5.74, 6) is -0.213. The van der Waals surface area contributed by atoms with Gasteiger partial charge >= 0.3 is 0 Å². The van der Waals surface area contributed by atoms with Crippen molar-refractivity contribution in [1.29, 1.82) is 0 Å². The molecule has 0 spiro atoms. The average Bonchev–Trinajstić information content (AvgIpc) is 2.47. The number of anilines is 2. The third-order valence-electron chi connectivity index (χ3n) is 2.69. The first-order chi connectivity index (χ1) is 9.65. The van der Waals surface area contributed by atoms with Crippen LogP contribution in [0.3, 0.4) is 0 Å². The Kier molecular flexibility index (Phi) is 4.14. The fraction of sp³-hybridized carbons (Fsp3) is 0.143. The molecule has 1 aromatic carbocycles. The highest BCUT2D eigenvalue weighted by atomic mass is 19.1.